The minimum Gasteiger partial charge on any atom is -0.494 e. The lowest BCUT2D eigenvalue weighted by atomic mass is 10.2. The molecule has 0 aliphatic heterocycles. The number of hydrogen-bond donors (Lipinski definition) is 2. The molecular formula is C14H15N3O2S. The minimum atomic E-state index is -0.450. The minimum absolute atomic E-state index is 0.101. The summed E-state index contributed by atoms with van der Waals surface area (Å²) in [5.74, 6) is -0.203. The van der Waals surface area contributed by atoms with Crippen molar-refractivity contribution in [3.63, 3.8) is 0 Å². The second kappa shape index (κ2) is 5.83. The molecule has 0 saturated carbocycles. The fourth-order valence-electron chi connectivity index (χ4n) is 1.88. The Morgan fingerprint density at radius 2 is 2.15 bits per heavy atom. The second-order valence-electron chi connectivity index (χ2n) is 4.25. The van der Waals surface area contributed by atoms with Gasteiger partial charge in [-0.15, -0.1) is 0 Å². The number of nitrogens with one attached hydrogen (secondary N) is 1. The molecule has 0 aliphatic carbocycles. The van der Waals surface area contributed by atoms with Crippen molar-refractivity contribution < 1.29 is 5.11 Å². The van der Waals surface area contributed by atoms with Crippen LogP contribution in [-0.4, -0.2) is 27.4 Å². The summed E-state index contributed by atoms with van der Waals surface area (Å²) in [5, 5.41) is 10.3. The molecule has 1 aromatic carbocycles. The number of aromatic hydroxyl groups is 1. The molecule has 0 fully saturated rings. The molecule has 0 spiro atoms. The zero-order valence-electron chi connectivity index (χ0n) is 11.3. The maximum absolute atomic E-state index is 11.8. The molecule has 0 amide bonds. The molecule has 0 unspecified atom stereocenters. The largest absolute Gasteiger partial charge is 0.494 e. The molecule has 0 atom stereocenters. The zero-order valence-corrected chi connectivity index (χ0v) is 12.1. The van der Waals surface area contributed by atoms with Gasteiger partial charge in [0.25, 0.3) is 5.56 Å². The van der Waals surface area contributed by atoms with Gasteiger partial charge in [0.2, 0.25) is 5.88 Å². The molecule has 1 heterocycles. The first kappa shape index (κ1) is 14.2. The Balaban J connectivity index is 2.78. The van der Waals surface area contributed by atoms with E-state index < -0.39 is 5.56 Å². The first-order valence-electron chi connectivity index (χ1n) is 6.20. The van der Waals surface area contributed by atoms with E-state index in [1.54, 1.807) is 0 Å². The van der Waals surface area contributed by atoms with Gasteiger partial charge in [-0.2, -0.15) is 0 Å². The van der Waals surface area contributed by atoms with Crippen LogP contribution in [0.1, 0.15) is 18.1 Å². The highest BCUT2D eigenvalue weighted by molar-refractivity contribution is 7.71. The number of hydrogen-bond acceptors (Lipinski definition) is 4. The van der Waals surface area contributed by atoms with Crippen LogP contribution in [0.15, 0.2) is 34.1 Å². The van der Waals surface area contributed by atoms with Crippen molar-refractivity contribution >= 4 is 18.4 Å². The van der Waals surface area contributed by atoms with Gasteiger partial charge in [0.15, 0.2) is 4.77 Å². The number of aryl methyl sites for hydroxylation is 1. The van der Waals surface area contributed by atoms with Crippen LogP contribution in [0, 0.1) is 11.7 Å². The van der Waals surface area contributed by atoms with Crippen LogP contribution < -0.4 is 5.56 Å². The van der Waals surface area contributed by atoms with Crippen LogP contribution in [0.4, 0.5) is 0 Å². The van der Waals surface area contributed by atoms with E-state index in [1.165, 1.54) is 10.8 Å². The van der Waals surface area contributed by atoms with Crippen LogP contribution in [0.25, 0.3) is 5.69 Å². The molecule has 6 heteroatoms. The number of aromatic amines is 1. The maximum atomic E-state index is 11.8. The summed E-state index contributed by atoms with van der Waals surface area (Å²) in [6, 6.07) is 7.46. The van der Waals surface area contributed by atoms with Gasteiger partial charge >= 0.3 is 0 Å². The molecule has 0 bridgehead atoms. The van der Waals surface area contributed by atoms with Crippen LogP contribution >= 0.6 is 12.2 Å². The number of benzene rings is 1. The lowest BCUT2D eigenvalue weighted by molar-refractivity contribution is 0.432. The molecule has 0 aliphatic rings. The van der Waals surface area contributed by atoms with Crippen molar-refractivity contribution in [1.82, 2.24) is 9.55 Å². The van der Waals surface area contributed by atoms with Crippen LogP contribution in [0.5, 0.6) is 5.88 Å². The smallest absolute Gasteiger partial charge is 0.264 e. The molecule has 104 valence electrons. The van der Waals surface area contributed by atoms with E-state index in [4.69, 9.17) is 12.2 Å². The van der Waals surface area contributed by atoms with Crippen molar-refractivity contribution in [3.8, 4) is 11.6 Å². The van der Waals surface area contributed by atoms with Gasteiger partial charge in [-0.05, 0) is 37.7 Å². The molecule has 5 nitrogen and oxygen atoms in total. The van der Waals surface area contributed by atoms with E-state index in [-0.39, 0.29) is 16.2 Å². The summed E-state index contributed by atoms with van der Waals surface area (Å²) in [6.07, 6.45) is 1.36. The Bertz CT molecular complexity index is 775. The summed E-state index contributed by atoms with van der Waals surface area (Å²) in [6.45, 7) is 4.28. The Kier molecular flexibility index (Phi) is 4.14. The van der Waals surface area contributed by atoms with Crippen LogP contribution in [-0.2, 0) is 0 Å². The number of nitrogens with zero attached hydrogens (tertiary/aromatic N) is 2. The molecule has 2 rings (SSSR count). The van der Waals surface area contributed by atoms with Gasteiger partial charge in [0, 0.05) is 12.8 Å². The third kappa shape index (κ3) is 2.55. The normalized spacial score (nSPS) is 11.1. The lowest BCUT2D eigenvalue weighted by Gasteiger charge is -2.13. The number of aromatic nitrogens is 2. The molecular weight excluding hydrogens is 274 g/mol. The second-order valence-corrected chi connectivity index (χ2v) is 4.63. The van der Waals surface area contributed by atoms with Gasteiger partial charge in [0.1, 0.15) is 5.56 Å². The topological polar surface area (TPSA) is 70.4 Å². The third-order valence-corrected chi connectivity index (χ3v) is 3.16. The fraction of sp³-hybridized carbons (Fsp3) is 0.214. The summed E-state index contributed by atoms with van der Waals surface area (Å²) in [4.78, 5) is 18.4. The van der Waals surface area contributed by atoms with E-state index >= 15 is 0 Å². The van der Waals surface area contributed by atoms with Crippen LogP contribution in [0.2, 0.25) is 0 Å². The van der Waals surface area contributed by atoms with Crippen molar-refractivity contribution in [2.24, 2.45) is 4.99 Å². The Labute approximate surface area is 121 Å². The first-order chi connectivity index (χ1) is 9.56. The average Bonchev–Trinajstić information content (AvgIpc) is 2.40. The SMILES string of the molecule is CCN=Cc1c(O)n(-c2ccccc2C)c(=S)[nH]c1=O. The quantitative estimate of drug-likeness (QED) is 0.673. The molecule has 2 N–H and O–H groups in total. The summed E-state index contributed by atoms with van der Waals surface area (Å²) < 4.78 is 1.58. The van der Waals surface area contributed by atoms with E-state index in [0.29, 0.717) is 6.54 Å². The highest BCUT2D eigenvalue weighted by Crippen LogP contribution is 2.21. The standard InChI is InChI=1S/C14H15N3O2S/c1-3-15-8-10-12(18)16-14(20)17(13(10)19)11-7-5-4-6-9(11)2/h4-8,19H,3H2,1-2H3,(H,16,18,20). The van der Waals surface area contributed by atoms with Crippen LogP contribution in [0.3, 0.4) is 0 Å². The highest BCUT2D eigenvalue weighted by Gasteiger charge is 2.13. The molecule has 2 aromatic rings. The van der Waals surface area contributed by atoms with Gasteiger partial charge in [-0.1, -0.05) is 18.2 Å². The van der Waals surface area contributed by atoms with Gasteiger partial charge in [-0.25, -0.2) is 0 Å². The zero-order chi connectivity index (χ0) is 14.7. The predicted molar refractivity (Wildman–Crippen MR) is 81.8 cm³/mol. The molecule has 1 aromatic heterocycles. The van der Waals surface area contributed by atoms with E-state index in [9.17, 15) is 9.90 Å². The summed E-state index contributed by atoms with van der Waals surface area (Å²) >= 11 is 5.14. The monoisotopic (exact) mass is 289 g/mol. The molecule has 0 saturated heterocycles. The van der Waals surface area contributed by atoms with Crippen molar-refractivity contribution in [2.45, 2.75) is 13.8 Å². The van der Waals surface area contributed by atoms with Crippen molar-refractivity contribution in [2.75, 3.05) is 6.54 Å². The summed E-state index contributed by atoms with van der Waals surface area (Å²) in [5.41, 5.74) is 1.31. The average molecular weight is 289 g/mol. The van der Waals surface area contributed by atoms with Crippen molar-refractivity contribution in [1.29, 1.82) is 0 Å². The fourth-order valence-corrected chi connectivity index (χ4v) is 2.15. The molecule has 20 heavy (non-hydrogen) atoms. The highest BCUT2D eigenvalue weighted by atomic mass is 32.1. The number of aliphatic imine (C=N–C) groups is 1. The summed E-state index contributed by atoms with van der Waals surface area (Å²) in [7, 11) is 0. The van der Waals surface area contributed by atoms with E-state index in [0.717, 1.165) is 11.3 Å². The maximum Gasteiger partial charge on any atom is 0.264 e. The Morgan fingerprint density at radius 1 is 1.45 bits per heavy atom. The van der Waals surface area contributed by atoms with Gasteiger partial charge in [0.05, 0.1) is 5.69 Å². The third-order valence-electron chi connectivity index (χ3n) is 2.88. The van der Waals surface area contributed by atoms with E-state index in [1.807, 2.05) is 38.1 Å². The van der Waals surface area contributed by atoms with Crippen molar-refractivity contribution in [3.05, 3.63) is 50.5 Å². The Hall–Kier alpha value is -2.21. The number of H-pyrrole nitrogens is 1. The lowest BCUT2D eigenvalue weighted by Crippen LogP contribution is -2.18. The number of para-hydroxylation sites is 1. The molecule has 0 radical (unpaired) electrons. The predicted octanol–water partition coefficient (Wildman–Crippen LogP) is 2.35. The Morgan fingerprint density at radius 3 is 2.80 bits per heavy atom. The number of rotatable bonds is 3. The van der Waals surface area contributed by atoms with Gasteiger partial charge in [-0.3, -0.25) is 19.3 Å². The van der Waals surface area contributed by atoms with E-state index in [2.05, 4.69) is 9.98 Å². The first-order valence-corrected chi connectivity index (χ1v) is 6.61. The van der Waals surface area contributed by atoms with Gasteiger partial charge < -0.3 is 5.11 Å².